The van der Waals surface area contributed by atoms with Gasteiger partial charge in [-0.05, 0) is 30.4 Å². The molecule has 2 N–H and O–H groups in total. The van der Waals surface area contributed by atoms with Crippen LogP contribution in [-0.2, 0) is 6.54 Å². The molecule has 0 amide bonds. The zero-order valence-corrected chi connectivity index (χ0v) is 10.7. The minimum atomic E-state index is 0.590. The lowest BCUT2D eigenvalue weighted by atomic mass is 9.89. The van der Waals surface area contributed by atoms with Gasteiger partial charge in [0.25, 0.3) is 0 Å². The van der Waals surface area contributed by atoms with E-state index >= 15 is 0 Å². The van der Waals surface area contributed by atoms with Crippen LogP contribution >= 0.6 is 0 Å². The number of pyridine rings is 1. The highest BCUT2D eigenvalue weighted by Crippen LogP contribution is 2.26. The standard InChI is InChI=1S/C14H23N3/c1-17(11-12-5-3-2-4-6-12)14-10-16-8-7-13(14)9-15/h7-8,10,12H,2-6,9,11,15H2,1H3. The molecule has 1 aliphatic carbocycles. The molecule has 1 aromatic rings. The molecule has 94 valence electrons. The predicted molar refractivity (Wildman–Crippen MR) is 72.0 cm³/mol. The first-order chi connectivity index (χ1) is 8.31. The molecule has 2 rings (SSSR count). The van der Waals surface area contributed by atoms with Crippen LogP contribution in [0.3, 0.4) is 0 Å². The van der Waals surface area contributed by atoms with Crippen molar-refractivity contribution in [3.05, 3.63) is 24.0 Å². The number of hydrogen-bond donors (Lipinski definition) is 1. The third-order valence-corrected chi connectivity index (χ3v) is 3.78. The Kier molecular flexibility index (Phi) is 4.37. The van der Waals surface area contributed by atoms with Crippen LogP contribution < -0.4 is 10.6 Å². The van der Waals surface area contributed by atoms with Gasteiger partial charge in [0.1, 0.15) is 0 Å². The van der Waals surface area contributed by atoms with Gasteiger partial charge in [0.15, 0.2) is 0 Å². The van der Waals surface area contributed by atoms with Gasteiger partial charge in [0, 0.05) is 26.3 Å². The average Bonchev–Trinajstić information content (AvgIpc) is 2.40. The van der Waals surface area contributed by atoms with Crippen LogP contribution in [0, 0.1) is 5.92 Å². The van der Waals surface area contributed by atoms with E-state index in [4.69, 9.17) is 5.73 Å². The van der Waals surface area contributed by atoms with Gasteiger partial charge < -0.3 is 10.6 Å². The van der Waals surface area contributed by atoms with Crippen molar-refractivity contribution in [2.24, 2.45) is 11.7 Å². The zero-order chi connectivity index (χ0) is 12.1. The van der Waals surface area contributed by atoms with Crippen LogP contribution in [0.5, 0.6) is 0 Å². The molecule has 0 aromatic carbocycles. The van der Waals surface area contributed by atoms with Crippen molar-refractivity contribution in [1.82, 2.24) is 4.98 Å². The van der Waals surface area contributed by atoms with Crippen molar-refractivity contribution in [1.29, 1.82) is 0 Å². The lowest BCUT2D eigenvalue weighted by Gasteiger charge is -2.29. The zero-order valence-electron chi connectivity index (χ0n) is 10.7. The average molecular weight is 233 g/mol. The Labute approximate surface area is 104 Å². The van der Waals surface area contributed by atoms with Gasteiger partial charge in [-0.15, -0.1) is 0 Å². The fourth-order valence-corrected chi connectivity index (χ4v) is 2.79. The minimum Gasteiger partial charge on any atom is -0.373 e. The number of nitrogens with zero attached hydrogens (tertiary/aromatic N) is 2. The lowest BCUT2D eigenvalue weighted by Crippen LogP contribution is -2.28. The second-order valence-electron chi connectivity index (χ2n) is 5.09. The Bertz CT molecular complexity index is 345. The van der Waals surface area contributed by atoms with Gasteiger partial charge in [0.05, 0.1) is 11.9 Å². The van der Waals surface area contributed by atoms with Crippen molar-refractivity contribution < 1.29 is 0 Å². The first-order valence-corrected chi connectivity index (χ1v) is 6.65. The third-order valence-electron chi connectivity index (χ3n) is 3.78. The Balaban J connectivity index is 2.00. The Hall–Kier alpha value is -1.09. The summed E-state index contributed by atoms with van der Waals surface area (Å²) >= 11 is 0. The predicted octanol–water partition coefficient (Wildman–Crippen LogP) is 2.56. The van der Waals surface area contributed by atoms with Gasteiger partial charge in [0.2, 0.25) is 0 Å². The number of anilines is 1. The lowest BCUT2D eigenvalue weighted by molar-refractivity contribution is 0.362. The largest absolute Gasteiger partial charge is 0.373 e. The van der Waals surface area contributed by atoms with E-state index in [1.807, 2.05) is 18.5 Å². The number of hydrogen-bond acceptors (Lipinski definition) is 3. The van der Waals surface area contributed by atoms with E-state index in [0.717, 1.165) is 12.5 Å². The highest BCUT2D eigenvalue weighted by molar-refractivity contribution is 5.50. The van der Waals surface area contributed by atoms with Crippen molar-refractivity contribution in [3.8, 4) is 0 Å². The normalized spacial score (nSPS) is 17.1. The van der Waals surface area contributed by atoms with Crippen LogP contribution in [-0.4, -0.2) is 18.6 Å². The summed E-state index contributed by atoms with van der Waals surface area (Å²) in [4.78, 5) is 6.53. The topological polar surface area (TPSA) is 42.2 Å². The third kappa shape index (κ3) is 3.19. The summed E-state index contributed by atoms with van der Waals surface area (Å²) in [5.41, 5.74) is 8.16. The molecule has 3 heteroatoms. The number of rotatable bonds is 4. The van der Waals surface area contributed by atoms with Crippen molar-refractivity contribution >= 4 is 5.69 Å². The molecule has 0 atom stereocenters. The summed E-state index contributed by atoms with van der Waals surface area (Å²) in [7, 11) is 2.16. The molecular weight excluding hydrogens is 210 g/mol. The quantitative estimate of drug-likeness (QED) is 0.869. The van der Waals surface area contributed by atoms with Crippen LogP contribution in [0.25, 0.3) is 0 Å². The molecule has 0 aliphatic heterocycles. The molecule has 1 fully saturated rings. The smallest absolute Gasteiger partial charge is 0.0595 e. The number of nitrogens with two attached hydrogens (primary N) is 1. The summed E-state index contributed by atoms with van der Waals surface area (Å²) in [5.74, 6) is 0.847. The van der Waals surface area contributed by atoms with Crippen LogP contribution in [0.2, 0.25) is 0 Å². The van der Waals surface area contributed by atoms with Crippen LogP contribution in [0.15, 0.2) is 18.5 Å². The number of aromatic nitrogens is 1. The molecule has 0 saturated heterocycles. The molecule has 17 heavy (non-hydrogen) atoms. The van der Waals surface area contributed by atoms with Crippen LogP contribution in [0.4, 0.5) is 5.69 Å². The molecule has 1 saturated carbocycles. The summed E-state index contributed by atoms with van der Waals surface area (Å²) < 4.78 is 0. The minimum absolute atomic E-state index is 0.590. The van der Waals surface area contributed by atoms with Gasteiger partial charge >= 0.3 is 0 Å². The molecule has 3 nitrogen and oxygen atoms in total. The Morgan fingerprint density at radius 1 is 1.35 bits per heavy atom. The monoisotopic (exact) mass is 233 g/mol. The molecular formula is C14H23N3. The second kappa shape index (κ2) is 6.01. The molecule has 0 spiro atoms. The fourth-order valence-electron chi connectivity index (χ4n) is 2.79. The first kappa shape index (κ1) is 12.4. The fraction of sp³-hybridized carbons (Fsp3) is 0.643. The summed E-state index contributed by atoms with van der Waals surface area (Å²) in [6.07, 6.45) is 10.7. The van der Waals surface area contributed by atoms with Gasteiger partial charge in [-0.3, -0.25) is 4.98 Å². The summed E-state index contributed by atoms with van der Waals surface area (Å²) in [6.45, 7) is 1.73. The van der Waals surface area contributed by atoms with Crippen molar-refractivity contribution in [3.63, 3.8) is 0 Å². The maximum atomic E-state index is 5.77. The van der Waals surface area contributed by atoms with E-state index < -0.39 is 0 Å². The highest BCUT2D eigenvalue weighted by atomic mass is 15.1. The first-order valence-electron chi connectivity index (χ1n) is 6.65. The van der Waals surface area contributed by atoms with Gasteiger partial charge in [-0.1, -0.05) is 19.3 Å². The van der Waals surface area contributed by atoms with Gasteiger partial charge in [-0.2, -0.15) is 0 Å². The summed E-state index contributed by atoms with van der Waals surface area (Å²) in [5, 5.41) is 0. The Morgan fingerprint density at radius 2 is 2.12 bits per heavy atom. The van der Waals surface area contributed by atoms with E-state index in [2.05, 4.69) is 16.9 Å². The molecule has 1 aliphatic rings. The van der Waals surface area contributed by atoms with Gasteiger partial charge in [-0.25, -0.2) is 0 Å². The van der Waals surface area contributed by atoms with E-state index in [9.17, 15) is 0 Å². The second-order valence-corrected chi connectivity index (χ2v) is 5.09. The van der Waals surface area contributed by atoms with Crippen molar-refractivity contribution in [2.45, 2.75) is 38.6 Å². The molecule has 0 unspecified atom stereocenters. The Morgan fingerprint density at radius 3 is 2.82 bits per heavy atom. The van der Waals surface area contributed by atoms with E-state index in [0.29, 0.717) is 6.54 Å². The maximum Gasteiger partial charge on any atom is 0.0595 e. The highest BCUT2D eigenvalue weighted by Gasteiger charge is 2.16. The van der Waals surface area contributed by atoms with E-state index in [1.165, 1.54) is 43.4 Å². The molecule has 0 bridgehead atoms. The van der Waals surface area contributed by atoms with Crippen molar-refractivity contribution in [2.75, 3.05) is 18.5 Å². The molecule has 1 heterocycles. The summed E-state index contributed by atoms with van der Waals surface area (Å²) in [6, 6.07) is 2.02. The SMILES string of the molecule is CN(CC1CCCCC1)c1cnccc1CN. The molecule has 0 radical (unpaired) electrons. The maximum absolute atomic E-state index is 5.77. The van der Waals surface area contributed by atoms with E-state index in [-0.39, 0.29) is 0 Å². The van der Waals surface area contributed by atoms with E-state index in [1.54, 1.807) is 0 Å². The van der Waals surface area contributed by atoms with Crippen LogP contribution in [0.1, 0.15) is 37.7 Å². The molecule has 1 aromatic heterocycles.